The lowest BCUT2D eigenvalue weighted by molar-refractivity contribution is -0.147. The molecule has 6 nitrogen and oxygen atoms in total. The molecule has 0 radical (unpaired) electrons. The third-order valence-electron chi connectivity index (χ3n) is 1.47. The largest absolute Gasteiger partial charge is 0.479 e. The van der Waals surface area contributed by atoms with Crippen LogP contribution in [-0.4, -0.2) is 40.0 Å². The predicted octanol–water partition coefficient (Wildman–Crippen LogP) is 0.345. The van der Waals surface area contributed by atoms with Crippen LogP contribution in [0.3, 0.4) is 0 Å². The van der Waals surface area contributed by atoms with E-state index in [9.17, 15) is 9.59 Å². The van der Waals surface area contributed by atoms with Crippen molar-refractivity contribution in [2.75, 3.05) is 0 Å². The molecular formula is C9H17NO5. The summed E-state index contributed by atoms with van der Waals surface area (Å²) in [6, 6.07) is -0.905. The normalized spacial score (nSPS) is 15.3. The summed E-state index contributed by atoms with van der Waals surface area (Å²) in [5.74, 6) is -1.39. The van der Waals surface area contributed by atoms with Crippen molar-refractivity contribution >= 4 is 12.1 Å². The van der Waals surface area contributed by atoms with Crippen LogP contribution < -0.4 is 5.32 Å². The van der Waals surface area contributed by atoms with Crippen LogP contribution in [0, 0.1) is 0 Å². The van der Waals surface area contributed by atoms with Gasteiger partial charge in [0.15, 0.2) is 6.10 Å². The van der Waals surface area contributed by atoms with Gasteiger partial charge in [0.05, 0.1) is 6.04 Å². The Morgan fingerprint density at radius 3 is 2.13 bits per heavy atom. The van der Waals surface area contributed by atoms with Crippen molar-refractivity contribution in [2.24, 2.45) is 0 Å². The summed E-state index contributed by atoms with van der Waals surface area (Å²) >= 11 is 0. The fourth-order valence-electron chi connectivity index (χ4n) is 0.786. The minimum Gasteiger partial charge on any atom is -0.479 e. The van der Waals surface area contributed by atoms with Crippen LogP contribution in [-0.2, 0) is 9.53 Å². The lowest BCUT2D eigenvalue weighted by Crippen LogP contribution is -2.46. The second kappa shape index (κ2) is 4.97. The average Bonchev–Trinajstić information content (AvgIpc) is 1.98. The molecule has 0 saturated carbocycles. The molecule has 0 saturated heterocycles. The van der Waals surface area contributed by atoms with Gasteiger partial charge in [0, 0.05) is 0 Å². The minimum atomic E-state index is -1.64. The fraction of sp³-hybridized carbons (Fsp3) is 0.778. The zero-order valence-electron chi connectivity index (χ0n) is 9.27. The number of hydrogen-bond donors (Lipinski definition) is 3. The van der Waals surface area contributed by atoms with Crippen molar-refractivity contribution in [1.82, 2.24) is 5.32 Å². The Balaban J connectivity index is 4.13. The van der Waals surface area contributed by atoms with Gasteiger partial charge in [0.2, 0.25) is 0 Å². The number of hydrogen-bond acceptors (Lipinski definition) is 4. The molecule has 1 unspecified atom stereocenters. The van der Waals surface area contributed by atoms with Gasteiger partial charge in [-0.05, 0) is 27.7 Å². The number of carboxylic acid groups (broad SMARTS) is 1. The van der Waals surface area contributed by atoms with Crippen molar-refractivity contribution in [3.63, 3.8) is 0 Å². The summed E-state index contributed by atoms with van der Waals surface area (Å²) in [6.07, 6.45) is -2.40. The van der Waals surface area contributed by atoms with Gasteiger partial charge in [0.25, 0.3) is 0 Å². The number of carbonyl (C=O) groups is 2. The summed E-state index contributed by atoms with van der Waals surface area (Å²) in [6.45, 7) is 6.43. The van der Waals surface area contributed by atoms with Gasteiger partial charge in [-0.2, -0.15) is 0 Å². The molecule has 6 heteroatoms. The molecular weight excluding hydrogens is 202 g/mol. The Morgan fingerprint density at radius 1 is 1.33 bits per heavy atom. The summed E-state index contributed by atoms with van der Waals surface area (Å²) in [7, 11) is 0. The van der Waals surface area contributed by atoms with Crippen molar-refractivity contribution < 1.29 is 24.5 Å². The van der Waals surface area contributed by atoms with E-state index < -0.39 is 29.8 Å². The van der Waals surface area contributed by atoms with Crippen LogP contribution in [0.1, 0.15) is 27.7 Å². The van der Waals surface area contributed by atoms with Crippen LogP contribution in [0.4, 0.5) is 4.79 Å². The molecule has 0 heterocycles. The molecule has 2 atom stereocenters. The third-order valence-corrected chi connectivity index (χ3v) is 1.47. The van der Waals surface area contributed by atoms with E-state index in [1.165, 1.54) is 6.92 Å². The second-order valence-corrected chi connectivity index (χ2v) is 4.22. The molecule has 15 heavy (non-hydrogen) atoms. The minimum absolute atomic E-state index is 0.655. The van der Waals surface area contributed by atoms with E-state index in [0.717, 1.165) is 0 Å². The van der Waals surface area contributed by atoms with Crippen molar-refractivity contribution in [3.8, 4) is 0 Å². The molecule has 88 valence electrons. The zero-order chi connectivity index (χ0) is 12.2. The highest BCUT2D eigenvalue weighted by Gasteiger charge is 2.25. The van der Waals surface area contributed by atoms with Crippen molar-refractivity contribution in [2.45, 2.75) is 45.4 Å². The first kappa shape index (κ1) is 13.7. The Kier molecular flexibility index (Phi) is 4.54. The summed E-state index contributed by atoms with van der Waals surface area (Å²) in [5, 5.41) is 19.8. The number of ether oxygens (including phenoxy) is 1. The topological polar surface area (TPSA) is 95.9 Å². The maximum Gasteiger partial charge on any atom is 0.407 e. The van der Waals surface area contributed by atoms with E-state index in [1.807, 2.05) is 0 Å². The molecule has 0 aliphatic rings. The number of amides is 1. The SMILES string of the molecule is CC(NC(=O)OC(C)(C)C)[C@@H](O)C(=O)O. The summed E-state index contributed by atoms with van der Waals surface area (Å²) < 4.78 is 4.88. The lowest BCUT2D eigenvalue weighted by Gasteiger charge is -2.22. The molecule has 0 spiro atoms. The standard InChI is InChI=1S/C9H17NO5/c1-5(6(11)7(12)13)10-8(14)15-9(2,3)4/h5-6,11H,1-4H3,(H,10,14)(H,12,13)/t5?,6-/m1/s1. The maximum absolute atomic E-state index is 11.2. The Morgan fingerprint density at radius 2 is 1.80 bits per heavy atom. The summed E-state index contributed by atoms with van der Waals surface area (Å²) in [4.78, 5) is 21.5. The van der Waals surface area contributed by atoms with Crippen LogP contribution in [0.25, 0.3) is 0 Å². The highest BCUT2D eigenvalue weighted by atomic mass is 16.6. The molecule has 0 bridgehead atoms. The fourth-order valence-corrected chi connectivity index (χ4v) is 0.786. The first-order valence-electron chi connectivity index (χ1n) is 4.54. The quantitative estimate of drug-likeness (QED) is 0.636. The van der Waals surface area contributed by atoms with Crippen LogP contribution in [0.5, 0.6) is 0 Å². The number of alkyl carbamates (subject to hydrolysis) is 1. The van der Waals surface area contributed by atoms with Gasteiger partial charge < -0.3 is 20.3 Å². The molecule has 0 aromatic heterocycles. The highest BCUT2D eigenvalue weighted by molar-refractivity contribution is 5.75. The Labute approximate surface area is 88.2 Å². The van der Waals surface area contributed by atoms with Crippen molar-refractivity contribution in [1.29, 1.82) is 0 Å². The Hall–Kier alpha value is -1.30. The van der Waals surface area contributed by atoms with Gasteiger partial charge in [0.1, 0.15) is 5.60 Å². The molecule has 0 fully saturated rings. The number of nitrogens with one attached hydrogen (secondary N) is 1. The third kappa shape index (κ3) is 5.90. The van der Waals surface area contributed by atoms with Gasteiger partial charge in [-0.1, -0.05) is 0 Å². The molecule has 0 aromatic carbocycles. The number of rotatable bonds is 3. The van der Waals surface area contributed by atoms with Crippen LogP contribution in [0.2, 0.25) is 0 Å². The number of aliphatic hydroxyl groups excluding tert-OH is 1. The van der Waals surface area contributed by atoms with Gasteiger partial charge >= 0.3 is 12.1 Å². The predicted molar refractivity (Wildman–Crippen MR) is 52.5 cm³/mol. The lowest BCUT2D eigenvalue weighted by atomic mass is 10.2. The maximum atomic E-state index is 11.2. The molecule has 3 N–H and O–H groups in total. The van der Waals surface area contributed by atoms with E-state index in [2.05, 4.69) is 5.32 Å². The average molecular weight is 219 g/mol. The highest BCUT2D eigenvalue weighted by Crippen LogP contribution is 2.07. The number of carboxylic acids is 1. The molecule has 1 amide bonds. The van der Waals surface area contributed by atoms with E-state index in [4.69, 9.17) is 14.9 Å². The zero-order valence-corrected chi connectivity index (χ0v) is 9.27. The smallest absolute Gasteiger partial charge is 0.407 e. The monoisotopic (exact) mass is 219 g/mol. The van der Waals surface area contributed by atoms with E-state index in [1.54, 1.807) is 20.8 Å². The number of aliphatic carboxylic acids is 1. The van der Waals surface area contributed by atoms with Gasteiger partial charge in [-0.15, -0.1) is 0 Å². The van der Waals surface area contributed by atoms with E-state index >= 15 is 0 Å². The first-order chi connectivity index (χ1) is 6.63. The molecule has 0 rings (SSSR count). The second-order valence-electron chi connectivity index (χ2n) is 4.22. The van der Waals surface area contributed by atoms with Crippen LogP contribution >= 0.6 is 0 Å². The summed E-state index contributed by atoms with van der Waals surface area (Å²) in [5.41, 5.74) is -0.655. The Bertz CT molecular complexity index is 245. The van der Waals surface area contributed by atoms with E-state index in [0.29, 0.717) is 0 Å². The molecule has 0 aliphatic carbocycles. The van der Waals surface area contributed by atoms with Crippen LogP contribution in [0.15, 0.2) is 0 Å². The van der Waals surface area contributed by atoms with Gasteiger partial charge in [-0.3, -0.25) is 0 Å². The van der Waals surface area contributed by atoms with Gasteiger partial charge in [-0.25, -0.2) is 9.59 Å². The number of carbonyl (C=O) groups excluding carboxylic acids is 1. The number of aliphatic hydroxyl groups is 1. The van der Waals surface area contributed by atoms with E-state index in [-0.39, 0.29) is 0 Å². The van der Waals surface area contributed by atoms with Crippen molar-refractivity contribution in [3.05, 3.63) is 0 Å². The molecule has 0 aliphatic heterocycles. The molecule has 0 aromatic rings. The first-order valence-corrected chi connectivity index (χ1v) is 4.54.